The largest absolute Gasteiger partial charge is 0.367 e. The zero-order chi connectivity index (χ0) is 24.0. The molecule has 1 fully saturated rings. The first-order valence-electron chi connectivity index (χ1n) is 11.6. The quantitative estimate of drug-likeness (QED) is 0.404. The topological polar surface area (TPSA) is 90.6 Å². The molecule has 1 aliphatic heterocycles. The number of hydrogen-bond donors (Lipinski definition) is 1. The summed E-state index contributed by atoms with van der Waals surface area (Å²) in [7, 11) is 0. The SMILES string of the molecule is N#Cc1nccc(NC2CCN(Cc3ccc(-c4nc(-c5ccccc5)cnc4Cl)cc3)CC2)n1. The number of rotatable bonds is 6. The van der Waals surface area contributed by atoms with Crippen LogP contribution in [0.25, 0.3) is 22.5 Å². The van der Waals surface area contributed by atoms with Crippen LogP contribution in [0.1, 0.15) is 24.2 Å². The molecule has 0 spiro atoms. The molecule has 0 aliphatic carbocycles. The average Bonchev–Trinajstić information content (AvgIpc) is 2.91. The first-order chi connectivity index (χ1) is 17.2. The van der Waals surface area contributed by atoms with Crippen molar-refractivity contribution >= 4 is 17.4 Å². The lowest BCUT2D eigenvalue weighted by Gasteiger charge is -2.32. The molecule has 0 unspecified atom stereocenters. The van der Waals surface area contributed by atoms with E-state index in [0.717, 1.165) is 49.3 Å². The van der Waals surface area contributed by atoms with Crippen molar-refractivity contribution in [3.8, 4) is 28.6 Å². The van der Waals surface area contributed by atoms with Crippen LogP contribution in [0.5, 0.6) is 0 Å². The van der Waals surface area contributed by atoms with E-state index in [1.165, 1.54) is 5.56 Å². The molecule has 1 saturated heterocycles. The van der Waals surface area contributed by atoms with Crippen LogP contribution in [0, 0.1) is 11.3 Å². The Kier molecular flexibility index (Phi) is 6.94. The van der Waals surface area contributed by atoms with Gasteiger partial charge in [0.25, 0.3) is 0 Å². The fourth-order valence-corrected chi connectivity index (χ4v) is 4.47. The third kappa shape index (κ3) is 5.62. The van der Waals surface area contributed by atoms with Gasteiger partial charge in [0.1, 0.15) is 17.6 Å². The number of nitrogens with one attached hydrogen (secondary N) is 1. The van der Waals surface area contributed by atoms with E-state index in [1.54, 1.807) is 18.5 Å². The van der Waals surface area contributed by atoms with Gasteiger partial charge in [-0.3, -0.25) is 4.90 Å². The molecule has 2 aromatic heterocycles. The van der Waals surface area contributed by atoms with Crippen molar-refractivity contribution in [1.29, 1.82) is 5.26 Å². The van der Waals surface area contributed by atoms with E-state index >= 15 is 0 Å². The van der Waals surface area contributed by atoms with Crippen LogP contribution in [0.15, 0.2) is 73.1 Å². The molecule has 174 valence electrons. The summed E-state index contributed by atoms with van der Waals surface area (Å²) in [6, 6.07) is 22.5. The Morgan fingerprint density at radius 3 is 2.46 bits per heavy atom. The van der Waals surface area contributed by atoms with Crippen LogP contribution in [0.4, 0.5) is 5.82 Å². The maximum absolute atomic E-state index is 8.98. The van der Waals surface area contributed by atoms with Crippen LogP contribution in [-0.4, -0.2) is 44.0 Å². The Morgan fingerprint density at radius 1 is 0.943 bits per heavy atom. The molecule has 0 amide bonds. The van der Waals surface area contributed by atoms with Crippen molar-refractivity contribution in [1.82, 2.24) is 24.8 Å². The van der Waals surface area contributed by atoms with Gasteiger partial charge in [-0.25, -0.2) is 19.9 Å². The van der Waals surface area contributed by atoms with E-state index in [-0.39, 0.29) is 5.82 Å². The molecule has 0 atom stereocenters. The molecular weight excluding hydrogens is 458 g/mol. The van der Waals surface area contributed by atoms with Crippen LogP contribution in [-0.2, 0) is 6.54 Å². The van der Waals surface area contributed by atoms with Crippen molar-refractivity contribution in [2.24, 2.45) is 0 Å². The monoisotopic (exact) mass is 481 g/mol. The Labute approximate surface area is 209 Å². The molecule has 5 rings (SSSR count). The number of likely N-dealkylation sites (tertiary alicyclic amines) is 1. The third-order valence-corrected chi connectivity index (χ3v) is 6.40. The van der Waals surface area contributed by atoms with Crippen LogP contribution >= 0.6 is 11.6 Å². The minimum absolute atomic E-state index is 0.190. The number of piperidine rings is 1. The highest BCUT2D eigenvalue weighted by molar-refractivity contribution is 6.31. The number of anilines is 1. The second kappa shape index (κ2) is 10.6. The molecular formula is C27H24ClN7. The standard InChI is InChI=1S/C27H24ClN7/c28-27-26(33-23(17-31-27)20-4-2-1-3-5-20)21-8-6-19(7-9-21)18-35-14-11-22(12-15-35)32-24-10-13-30-25(16-29)34-24/h1-10,13,17,22H,11-12,14-15,18H2,(H,30,32,34). The zero-order valence-corrected chi connectivity index (χ0v) is 19.9. The lowest BCUT2D eigenvalue weighted by Crippen LogP contribution is -2.38. The second-order valence-electron chi connectivity index (χ2n) is 8.53. The lowest BCUT2D eigenvalue weighted by molar-refractivity contribution is 0.211. The van der Waals surface area contributed by atoms with Gasteiger partial charge in [-0.1, -0.05) is 66.2 Å². The minimum atomic E-state index is 0.190. The third-order valence-electron chi connectivity index (χ3n) is 6.13. The van der Waals surface area contributed by atoms with Crippen molar-refractivity contribution < 1.29 is 0 Å². The summed E-state index contributed by atoms with van der Waals surface area (Å²) in [5.74, 6) is 0.902. The van der Waals surface area contributed by atoms with Gasteiger partial charge in [0.15, 0.2) is 5.15 Å². The molecule has 0 radical (unpaired) electrons. The summed E-state index contributed by atoms with van der Waals surface area (Å²) < 4.78 is 0. The maximum atomic E-state index is 8.98. The molecule has 8 heteroatoms. The Morgan fingerprint density at radius 2 is 1.71 bits per heavy atom. The fraction of sp³-hybridized carbons (Fsp3) is 0.222. The number of benzene rings is 2. The smallest absolute Gasteiger partial charge is 0.234 e. The zero-order valence-electron chi connectivity index (χ0n) is 19.1. The average molecular weight is 482 g/mol. The first kappa shape index (κ1) is 22.9. The van der Waals surface area contributed by atoms with Crippen LogP contribution < -0.4 is 5.32 Å². The van der Waals surface area contributed by atoms with Crippen molar-refractivity contribution in [3.63, 3.8) is 0 Å². The highest BCUT2D eigenvalue weighted by atomic mass is 35.5. The van der Waals surface area contributed by atoms with E-state index in [4.69, 9.17) is 21.8 Å². The summed E-state index contributed by atoms with van der Waals surface area (Å²) in [5.41, 5.74) is 4.70. The first-order valence-corrected chi connectivity index (χ1v) is 11.9. The summed E-state index contributed by atoms with van der Waals surface area (Å²) in [5, 5.41) is 12.8. The van der Waals surface area contributed by atoms with E-state index in [0.29, 0.717) is 22.7 Å². The van der Waals surface area contributed by atoms with E-state index in [1.807, 2.05) is 36.4 Å². The number of hydrogen-bond acceptors (Lipinski definition) is 7. The molecule has 3 heterocycles. The summed E-state index contributed by atoms with van der Waals surface area (Å²) in [6.07, 6.45) is 5.35. The van der Waals surface area contributed by atoms with Crippen LogP contribution in [0.2, 0.25) is 5.15 Å². The second-order valence-corrected chi connectivity index (χ2v) is 8.89. The molecule has 0 bridgehead atoms. The highest BCUT2D eigenvalue weighted by Gasteiger charge is 2.20. The van der Waals surface area contributed by atoms with E-state index in [2.05, 4.69) is 49.4 Å². The number of halogens is 1. The fourth-order valence-electron chi connectivity index (χ4n) is 4.27. The molecule has 1 N–H and O–H groups in total. The predicted molar refractivity (Wildman–Crippen MR) is 137 cm³/mol. The van der Waals surface area contributed by atoms with E-state index in [9.17, 15) is 0 Å². The van der Waals surface area contributed by atoms with Crippen molar-refractivity contribution in [2.75, 3.05) is 18.4 Å². The lowest BCUT2D eigenvalue weighted by atomic mass is 10.0. The Hall–Kier alpha value is -3.86. The Bertz CT molecular complexity index is 1330. The van der Waals surface area contributed by atoms with Crippen LogP contribution in [0.3, 0.4) is 0 Å². The predicted octanol–water partition coefficient (Wildman–Crippen LogP) is 5.20. The van der Waals surface area contributed by atoms with Gasteiger partial charge < -0.3 is 5.32 Å². The van der Waals surface area contributed by atoms with Gasteiger partial charge in [-0.05, 0) is 24.5 Å². The molecule has 7 nitrogen and oxygen atoms in total. The van der Waals surface area contributed by atoms with E-state index < -0.39 is 0 Å². The summed E-state index contributed by atoms with van der Waals surface area (Å²) in [6.45, 7) is 2.88. The van der Waals surface area contributed by atoms with Gasteiger partial charge in [-0.2, -0.15) is 5.26 Å². The maximum Gasteiger partial charge on any atom is 0.234 e. The molecule has 4 aromatic rings. The van der Waals surface area contributed by atoms with Gasteiger partial charge in [0.05, 0.1) is 11.9 Å². The number of nitriles is 1. The molecule has 1 aliphatic rings. The van der Waals surface area contributed by atoms with Crippen molar-refractivity contribution in [3.05, 3.63) is 89.6 Å². The minimum Gasteiger partial charge on any atom is -0.367 e. The summed E-state index contributed by atoms with van der Waals surface area (Å²) in [4.78, 5) is 19.7. The normalized spacial score (nSPS) is 14.4. The van der Waals surface area contributed by atoms with Crippen molar-refractivity contribution in [2.45, 2.75) is 25.4 Å². The summed E-state index contributed by atoms with van der Waals surface area (Å²) >= 11 is 6.39. The Balaban J connectivity index is 1.19. The van der Waals surface area contributed by atoms with Gasteiger partial charge in [0.2, 0.25) is 5.82 Å². The van der Waals surface area contributed by atoms with Gasteiger partial charge in [0, 0.05) is 43.0 Å². The molecule has 2 aromatic carbocycles. The van der Waals surface area contributed by atoms with Gasteiger partial charge >= 0.3 is 0 Å². The highest BCUT2D eigenvalue weighted by Crippen LogP contribution is 2.28. The van der Waals surface area contributed by atoms with Gasteiger partial charge in [-0.15, -0.1) is 0 Å². The number of aromatic nitrogens is 4. The number of nitrogens with zero attached hydrogens (tertiary/aromatic N) is 6. The molecule has 35 heavy (non-hydrogen) atoms. The molecule has 0 saturated carbocycles.